The molecule has 1 fully saturated rings. The molecule has 3 heterocycles. The standard InChI is InChI=1S/C26H24N6O3S/c27-17-19(24(33)28-25-29-30-26(36-25)31-10-13-34-14-11-31)16-20-18-32(23-9-5-4-8-22(20)23)12-15-35-21-6-2-1-3-7-21/h1-9,16,18H,10-15H2,(H,28,29,33)/b19-16-. The fraction of sp³-hybridized carbons (Fsp3) is 0.231. The lowest BCUT2D eigenvalue weighted by atomic mass is 10.1. The Kier molecular flexibility index (Phi) is 7.21. The van der Waals surface area contributed by atoms with E-state index >= 15 is 0 Å². The molecule has 0 bridgehead atoms. The van der Waals surface area contributed by atoms with Crippen molar-refractivity contribution >= 4 is 44.5 Å². The van der Waals surface area contributed by atoms with Gasteiger partial charge >= 0.3 is 0 Å². The van der Waals surface area contributed by atoms with Crippen molar-refractivity contribution in [1.29, 1.82) is 5.26 Å². The Balaban J connectivity index is 1.31. The first kappa shape index (κ1) is 23.5. The lowest BCUT2D eigenvalue weighted by Gasteiger charge is -2.25. The van der Waals surface area contributed by atoms with Crippen LogP contribution in [0.3, 0.4) is 0 Å². The highest BCUT2D eigenvalue weighted by Crippen LogP contribution is 2.26. The van der Waals surface area contributed by atoms with E-state index in [-0.39, 0.29) is 5.57 Å². The van der Waals surface area contributed by atoms with Crippen LogP contribution in [0.4, 0.5) is 10.3 Å². The molecular formula is C26H24N6O3S. The van der Waals surface area contributed by atoms with Gasteiger partial charge in [-0.05, 0) is 24.3 Å². The fourth-order valence-corrected chi connectivity index (χ4v) is 4.76. The van der Waals surface area contributed by atoms with E-state index in [9.17, 15) is 10.1 Å². The number of morpholine rings is 1. The molecule has 0 saturated carbocycles. The van der Waals surface area contributed by atoms with Gasteiger partial charge < -0.3 is 18.9 Å². The molecule has 0 radical (unpaired) electrons. The molecule has 0 aliphatic carbocycles. The second-order valence-corrected chi connectivity index (χ2v) is 9.03. The van der Waals surface area contributed by atoms with Crippen LogP contribution < -0.4 is 15.0 Å². The molecule has 1 aliphatic heterocycles. The van der Waals surface area contributed by atoms with Crippen LogP contribution in [0.25, 0.3) is 17.0 Å². The second-order valence-electron chi connectivity index (χ2n) is 8.07. The maximum absolute atomic E-state index is 12.9. The molecule has 36 heavy (non-hydrogen) atoms. The van der Waals surface area contributed by atoms with Crippen LogP contribution in [0.2, 0.25) is 0 Å². The van der Waals surface area contributed by atoms with E-state index in [4.69, 9.17) is 9.47 Å². The first-order valence-electron chi connectivity index (χ1n) is 11.6. The summed E-state index contributed by atoms with van der Waals surface area (Å²) in [7, 11) is 0. The largest absolute Gasteiger partial charge is 0.492 e. The van der Waals surface area contributed by atoms with E-state index in [1.807, 2.05) is 66.9 Å². The molecule has 1 aliphatic rings. The van der Waals surface area contributed by atoms with E-state index in [1.165, 1.54) is 11.3 Å². The van der Waals surface area contributed by atoms with Gasteiger partial charge in [0.1, 0.15) is 24.0 Å². The number of ether oxygens (including phenoxy) is 2. The number of amides is 1. The van der Waals surface area contributed by atoms with Crippen molar-refractivity contribution in [3.05, 3.63) is 71.9 Å². The highest BCUT2D eigenvalue weighted by molar-refractivity contribution is 7.19. The second kappa shape index (κ2) is 11.0. The predicted molar refractivity (Wildman–Crippen MR) is 139 cm³/mol. The quantitative estimate of drug-likeness (QED) is 0.288. The van der Waals surface area contributed by atoms with Gasteiger partial charge in [0.15, 0.2) is 0 Å². The van der Waals surface area contributed by atoms with E-state index in [0.717, 1.165) is 40.4 Å². The average Bonchev–Trinajstić information content (AvgIpc) is 3.53. The van der Waals surface area contributed by atoms with Gasteiger partial charge in [0, 0.05) is 35.8 Å². The number of hydrogen-bond acceptors (Lipinski definition) is 8. The van der Waals surface area contributed by atoms with Crippen molar-refractivity contribution in [3.8, 4) is 11.8 Å². The third-order valence-electron chi connectivity index (χ3n) is 5.74. The lowest BCUT2D eigenvalue weighted by molar-refractivity contribution is -0.112. The molecule has 4 aromatic rings. The van der Waals surface area contributed by atoms with Crippen LogP contribution in [0.5, 0.6) is 5.75 Å². The van der Waals surface area contributed by atoms with Gasteiger partial charge in [-0.1, -0.05) is 47.7 Å². The number of nitrogens with zero attached hydrogens (tertiary/aromatic N) is 5. The number of rotatable bonds is 8. The minimum absolute atomic E-state index is 0.0124. The minimum Gasteiger partial charge on any atom is -0.492 e. The highest BCUT2D eigenvalue weighted by Gasteiger charge is 2.18. The van der Waals surface area contributed by atoms with E-state index in [2.05, 4.69) is 25.0 Å². The topological polar surface area (TPSA) is 105 Å². The fourth-order valence-electron chi connectivity index (χ4n) is 3.97. The predicted octanol–water partition coefficient (Wildman–Crippen LogP) is 3.95. The molecule has 0 unspecified atom stereocenters. The van der Waals surface area contributed by atoms with Crippen LogP contribution in [0.15, 0.2) is 66.4 Å². The van der Waals surface area contributed by atoms with Crippen LogP contribution in [0, 0.1) is 11.3 Å². The Morgan fingerprint density at radius 3 is 2.72 bits per heavy atom. The molecule has 1 amide bonds. The Hall–Kier alpha value is -4.20. The van der Waals surface area contributed by atoms with Crippen LogP contribution in [-0.4, -0.2) is 53.6 Å². The van der Waals surface area contributed by atoms with Crippen molar-refractivity contribution in [2.24, 2.45) is 0 Å². The Morgan fingerprint density at radius 1 is 1.14 bits per heavy atom. The maximum Gasteiger partial charge on any atom is 0.268 e. The van der Waals surface area contributed by atoms with Crippen molar-refractivity contribution in [3.63, 3.8) is 0 Å². The molecular weight excluding hydrogens is 476 g/mol. The van der Waals surface area contributed by atoms with E-state index in [1.54, 1.807) is 6.08 Å². The summed E-state index contributed by atoms with van der Waals surface area (Å²) in [6.07, 6.45) is 3.54. The van der Waals surface area contributed by atoms with Crippen molar-refractivity contribution < 1.29 is 14.3 Å². The summed E-state index contributed by atoms with van der Waals surface area (Å²) in [6, 6.07) is 19.6. The third kappa shape index (κ3) is 5.38. The summed E-state index contributed by atoms with van der Waals surface area (Å²) >= 11 is 1.28. The van der Waals surface area contributed by atoms with Gasteiger partial charge in [-0.2, -0.15) is 5.26 Å². The molecule has 1 N–H and O–H groups in total. The van der Waals surface area contributed by atoms with Crippen molar-refractivity contribution in [1.82, 2.24) is 14.8 Å². The zero-order chi connectivity index (χ0) is 24.7. The molecule has 10 heteroatoms. The normalized spacial score (nSPS) is 14.0. The number of carbonyl (C=O) groups is 1. The summed E-state index contributed by atoms with van der Waals surface area (Å²) in [6.45, 7) is 3.83. The average molecular weight is 501 g/mol. The number of carbonyl (C=O) groups excluding carboxylic acids is 1. The molecule has 2 aromatic heterocycles. The zero-order valence-electron chi connectivity index (χ0n) is 19.5. The molecule has 5 rings (SSSR count). The molecule has 9 nitrogen and oxygen atoms in total. The molecule has 0 atom stereocenters. The lowest BCUT2D eigenvalue weighted by Crippen LogP contribution is -2.36. The number of nitrogens with one attached hydrogen (secondary N) is 1. The maximum atomic E-state index is 12.9. The number of nitriles is 1. The summed E-state index contributed by atoms with van der Waals surface area (Å²) in [4.78, 5) is 14.9. The first-order valence-corrected chi connectivity index (χ1v) is 12.4. The number of anilines is 2. The van der Waals surface area contributed by atoms with E-state index < -0.39 is 5.91 Å². The molecule has 182 valence electrons. The van der Waals surface area contributed by atoms with Crippen molar-refractivity contribution in [2.45, 2.75) is 6.54 Å². The third-order valence-corrected chi connectivity index (χ3v) is 6.64. The smallest absolute Gasteiger partial charge is 0.268 e. The summed E-state index contributed by atoms with van der Waals surface area (Å²) in [5.41, 5.74) is 1.77. The number of fused-ring (bicyclic) bond motifs is 1. The summed E-state index contributed by atoms with van der Waals surface area (Å²) < 4.78 is 13.3. The van der Waals surface area contributed by atoms with Crippen LogP contribution >= 0.6 is 11.3 Å². The summed E-state index contributed by atoms with van der Waals surface area (Å²) in [5, 5.41) is 22.7. The minimum atomic E-state index is -0.522. The van der Waals surface area contributed by atoms with Crippen LogP contribution in [-0.2, 0) is 16.1 Å². The number of para-hydroxylation sites is 2. The zero-order valence-corrected chi connectivity index (χ0v) is 20.3. The number of benzene rings is 2. The monoisotopic (exact) mass is 500 g/mol. The molecule has 1 saturated heterocycles. The van der Waals surface area contributed by atoms with Gasteiger partial charge in [-0.15, -0.1) is 10.2 Å². The Bertz CT molecular complexity index is 1420. The van der Waals surface area contributed by atoms with Gasteiger partial charge in [0.05, 0.1) is 19.8 Å². The molecule has 2 aromatic carbocycles. The first-order chi connectivity index (χ1) is 17.7. The van der Waals surface area contributed by atoms with Crippen LogP contribution in [0.1, 0.15) is 5.56 Å². The van der Waals surface area contributed by atoms with Gasteiger partial charge in [0.2, 0.25) is 10.3 Å². The highest BCUT2D eigenvalue weighted by atomic mass is 32.1. The van der Waals surface area contributed by atoms with E-state index in [0.29, 0.717) is 31.5 Å². The van der Waals surface area contributed by atoms with Gasteiger partial charge in [-0.25, -0.2) is 0 Å². The van der Waals surface area contributed by atoms with Gasteiger partial charge in [-0.3, -0.25) is 10.1 Å². The molecule has 0 spiro atoms. The Morgan fingerprint density at radius 2 is 1.92 bits per heavy atom. The number of aromatic nitrogens is 3. The SMILES string of the molecule is N#C/C(=C/c1cn(CCOc2ccccc2)c2ccccc12)C(=O)Nc1nnc(N2CCOCC2)s1. The number of hydrogen-bond donors (Lipinski definition) is 1. The van der Waals surface area contributed by atoms with Crippen molar-refractivity contribution in [2.75, 3.05) is 43.1 Å². The summed E-state index contributed by atoms with van der Waals surface area (Å²) in [5.74, 6) is 0.289. The Labute approximate surface area is 212 Å². The van der Waals surface area contributed by atoms with Gasteiger partial charge in [0.25, 0.3) is 5.91 Å².